The van der Waals surface area contributed by atoms with Gasteiger partial charge in [-0.3, -0.25) is 4.79 Å². The first-order valence-corrected chi connectivity index (χ1v) is 8.78. The van der Waals surface area contributed by atoms with Gasteiger partial charge < -0.3 is 19.5 Å². The third kappa shape index (κ3) is 3.42. The van der Waals surface area contributed by atoms with Crippen molar-refractivity contribution in [2.24, 2.45) is 0 Å². The number of nitrogens with one attached hydrogen (secondary N) is 1. The van der Waals surface area contributed by atoms with Gasteiger partial charge in [0, 0.05) is 31.9 Å². The second-order valence-electron chi connectivity index (χ2n) is 6.73. The summed E-state index contributed by atoms with van der Waals surface area (Å²) < 4.78 is 19.0. The smallest absolute Gasteiger partial charge is 0.321 e. The van der Waals surface area contributed by atoms with Crippen LogP contribution in [0.2, 0.25) is 0 Å². The Morgan fingerprint density at radius 1 is 1.08 bits per heavy atom. The molecule has 1 N–H and O–H groups in total. The predicted molar refractivity (Wildman–Crippen MR) is 93.6 cm³/mol. The molecular formula is C19H20FN3O3. The van der Waals surface area contributed by atoms with Crippen molar-refractivity contribution in [2.45, 2.75) is 18.8 Å². The standard InChI is InChI=1S/C19H20FN3O3/c20-17-11-15(3-4-16(17)13-1-2-13)21-19(25)23-8-6-22(7-9-23)18(24)14-5-10-26-12-14/h3-5,10-13H,1-2,6-9H2,(H,21,25). The van der Waals surface area contributed by atoms with E-state index >= 15 is 0 Å². The first-order chi connectivity index (χ1) is 12.6. The summed E-state index contributed by atoms with van der Waals surface area (Å²) >= 11 is 0. The van der Waals surface area contributed by atoms with Gasteiger partial charge in [0.25, 0.3) is 5.91 Å². The summed E-state index contributed by atoms with van der Waals surface area (Å²) in [6.45, 7) is 1.76. The first kappa shape index (κ1) is 16.6. The van der Waals surface area contributed by atoms with Gasteiger partial charge in [0.15, 0.2) is 0 Å². The molecule has 2 aliphatic rings. The molecule has 2 fully saturated rings. The van der Waals surface area contributed by atoms with Crippen LogP contribution in [0.1, 0.15) is 34.7 Å². The fraction of sp³-hybridized carbons (Fsp3) is 0.368. The largest absolute Gasteiger partial charge is 0.472 e. The molecule has 0 unspecified atom stereocenters. The highest BCUT2D eigenvalue weighted by Gasteiger charge is 2.27. The fourth-order valence-electron chi connectivity index (χ4n) is 3.21. The lowest BCUT2D eigenvalue weighted by atomic mass is 10.1. The molecule has 2 aromatic rings. The van der Waals surface area contributed by atoms with E-state index in [4.69, 9.17) is 4.42 Å². The van der Waals surface area contributed by atoms with Gasteiger partial charge in [0.1, 0.15) is 12.1 Å². The Bertz CT molecular complexity index is 809. The highest BCUT2D eigenvalue weighted by Crippen LogP contribution is 2.41. The zero-order chi connectivity index (χ0) is 18.1. The second kappa shape index (κ2) is 6.82. The van der Waals surface area contributed by atoms with Crippen molar-refractivity contribution in [1.29, 1.82) is 0 Å². The van der Waals surface area contributed by atoms with Crippen LogP contribution >= 0.6 is 0 Å². The molecular weight excluding hydrogens is 337 g/mol. The molecule has 3 amide bonds. The molecule has 1 saturated heterocycles. The maximum Gasteiger partial charge on any atom is 0.321 e. The van der Waals surface area contributed by atoms with E-state index in [1.54, 1.807) is 28.0 Å². The number of furan rings is 1. The maximum atomic E-state index is 14.1. The minimum absolute atomic E-state index is 0.100. The molecule has 2 heterocycles. The number of benzene rings is 1. The van der Waals surface area contributed by atoms with Crippen molar-refractivity contribution in [2.75, 3.05) is 31.5 Å². The van der Waals surface area contributed by atoms with Crippen LogP contribution in [0.25, 0.3) is 0 Å². The number of piperazine rings is 1. The van der Waals surface area contributed by atoms with E-state index in [9.17, 15) is 14.0 Å². The van der Waals surface area contributed by atoms with Gasteiger partial charge in [-0.15, -0.1) is 0 Å². The molecule has 26 heavy (non-hydrogen) atoms. The number of carbonyl (C=O) groups excluding carboxylic acids is 2. The number of anilines is 1. The van der Waals surface area contributed by atoms with Crippen molar-refractivity contribution in [1.82, 2.24) is 9.80 Å². The van der Waals surface area contributed by atoms with E-state index < -0.39 is 0 Å². The van der Waals surface area contributed by atoms with E-state index in [0.717, 1.165) is 18.4 Å². The van der Waals surface area contributed by atoms with Gasteiger partial charge in [-0.1, -0.05) is 6.07 Å². The molecule has 6 nitrogen and oxygen atoms in total. The van der Waals surface area contributed by atoms with Gasteiger partial charge in [-0.2, -0.15) is 0 Å². The van der Waals surface area contributed by atoms with Gasteiger partial charge in [0.05, 0.1) is 11.8 Å². The van der Waals surface area contributed by atoms with Gasteiger partial charge in [-0.05, 0) is 42.5 Å². The van der Waals surface area contributed by atoms with E-state index in [-0.39, 0.29) is 17.8 Å². The predicted octanol–water partition coefficient (Wildman–Crippen LogP) is 3.29. The average Bonchev–Trinajstić information content (AvgIpc) is 3.34. The molecule has 7 heteroatoms. The summed E-state index contributed by atoms with van der Waals surface area (Å²) in [4.78, 5) is 28.0. The number of halogens is 1. The zero-order valence-corrected chi connectivity index (χ0v) is 14.3. The van der Waals surface area contributed by atoms with Crippen LogP contribution in [-0.4, -0.2) is 47.9 Å². The Kier molecular flexibility index (Phi) is 4.36. The first-order valence-electron chi connectivity index (χ1n) is 8.78. The minimum Gasteiger partial charge on any atom is -0.472 e. The monoisotopic (exact) mass is 357 g/mol. The molecule has 1 aromatic carbocycles. The molecule has 1 aliphatic heterocycles. The van der Waals surface area contributed by atoms with Crippen molar-refractivity contribution >= 4 is 17.6 Å². The number of amides is 3. The van der Waals surface area contributed by atoms with Crippen molar-refractivity contribution in [3.8, 4) is 0 Å². The Morgan fingerprint density at radius 2 is 1.81 bits per heavy atom. The van der Waals surface area contributed by atoms with Crippen molar-refractivity contribution in [3.63, 3.8) is 0 Å². The number of urea groups is 1. The highest BCUT2D eigenvalue weighted by molar-refractivity contribution is 5.94. The molecule has 136 valence electrons. The quantitative estimate of drug-likeness (QED) is 0.917. The summed E-state index contributed by atoms with van der Waals surface area (Å²) in [6.07, 6.45) is 4.95. The number of rotatable bonds is 3. The van der Waals surface area contributed by atoms with Gasteiger partial charge in [0.2, 0.25) is 0 Å². The molecule has 4 rings (SSSR count). The lowest BCUT2D eigenvalue weighted by Gasteiger charge is -2.34. The number of hydrogen-bond donors (Lipinski definition) is 1. The SMILES string of the molecule is O=C(Nc1ccc(C2CC2)c(F)c1)N1CCN(C(=O)c2ccoc2)CC1. The van der Waals surface area contributed by atoms with Crippen molar-refractivity contribution < 1.29 is 18.4 Å². The van der Waals surface area contributed by atoms with Gasteiger partial charge >= 0.3 is 6.03 Å². The zero-order valence-electron chi connectivity index (χ0n) is 14.3. The summed E-state index contributed by atoms with van der Waals surface area (Å²) in [5, 5.41) is 2.74. The Balaban J connectivity index is 1.32. The average molecular weight is 357 g/mol. The van der Waals surface area contributed by atoms with Crippen molar-refractivity contribution in [3.05, 3.63) is 53.7 Å². The van der Waals surface area contributed by atoms with Crippen LogP contribution < -0.4 is 5.32 Å². The van der Waals surface area contributed by atoms with E-state index in [1.807, 2.05) is 0 Å². The Morgan fingerprint density at radius 3 is 2.42 bits per heavy atom. The lowest BCUT2D eigenvalue weighted by molar-refractivity contribution is 0.0671. The minimum atomic E-state index is -0.279. The normalized spacial score (nSPS) is 17.3. The summed E-state index contributed by atoms with van der Waals surface area (Å²) in [6, 6.07) is 6.22. The van der Waals surface area contributed by atoms with Crippen LogP contribution in [0.3, 0.4) is 0 Å². The third-order valence-corrected chi connectivity index (χ3v) is 4.89. The van der Waals surface area contributed by atoms with E-state index in [1.165, 1.54) is 18.6 Å². The van der Waals surface area contributed by atoms with Crippen LogP contribution in [0.5, 0.6) is 0 Å². The van der Waals surface area contributed by atoms with Crippen LogP contribution in [-0.2, 0) is 0 Å². The number of hydrogen-bond acceptors (Lipinski definition) is 3. The molecule has 0 bridgehead atoms. The molecule has 1 aliphatic carbocycles. The Labute approximate surface area is 150 Å². The van der Waals surface area contributed by atoms with Crippen LogP contribution in [0, 0.1) is 5.82 Å². The summed E-state index contributed by atoms with van der Waals surface area (Å²) in [5.74, 6) is -0.0297. The van der Waals surface area contributed by atoms with E-state index in [0.29, 0.717) is 43.3 Å². The molecule has 0 spiro atoms. The fourth-order valence-corrected chi connectivity index (χ4v) is 3.21. The number of carbonyl (C=O) groups is 2. The molecule has 1 saturated carbocycles. The molecule has 1 aromatic heterocycles. The second-order valence-corrected chi connectivity index (χ2v) is 6.73. The van der Waals surface area contributed by atoms with Crippen LogP contribution in [0.15, 0.2) is 41.2 Å². The maximum absolute atomic E-state index is 14.1. The Hall–Kier alpha value is -2.83. The van der Waals surface area contributed by atoms with Crippen LogP contribution in [0.4, 0.5) is 14.9 Å². The lowest BCUT2D eigenvalue weighted by Crippen LogP contribution is -2.51. The number of nitrogens with zero attached hydrogens (tertiary/aromatic N) is 2. The third-order valence-electron chi connectivity index (χ3n) is 4.89. The molecule has 0 radical (unpaired) electrons. The van der Waals surface area contributed by atoms with Gasteiger partial charge in [-0.25, -0.2) is 9.18 Å². The topological polar surface area (TPSA) is 65.8 Å². The highest BCUT2D eigenvalue weighted by atomic mass is 19.1. The summed E-state index contributed by atoms with van der Waals surface area (Å²) in [7, 11) is 0. The molecule has 0 atom stereocenters. The summed E-state index contributed by atoms with van der Waals surface area (Å²) in [5.41, 5.74) is 1.69. The van der Waals surface area contributed by atoms with E-state index in [2.05, 4.69) is 5.32 Å².